The van der Waals surface area contributed by atoms with Crippen LogP contribution in [0.15, 0.2) is 46.3 Å². The highest BCUT2D eigenvalue weighted by molar-refractivity contribution is 7.99. The van der Waals surface area contributed by atoms with Crippen LogP contribution in [0.25, 0.3) is 0 Å². The molecule has 0 radical (unpaired) electrons. The molecule has 0 aliphatic carbocycles. The third-order valence-corrected chi connectivity index (χ3v) is 5.03. The average molecular weight is 366 g/mol. The predicted octanol–water partition coefficient (Wildman–Crippen LogP) is 2.16. The predicted molar refractivity (Wildman–Crippen MR) is 90.3 cm³/mol. The van der Waals surface area contributed by atoms with Crippen LogP contribution in [0.1, 0.15) is 16.9 Å². The molecule has 1 aliphatic rings. The zero-order valence-electron chi connectivity index (χ0n) is 12.7. The third kappa shape index (κ3) is 4.24. The van der Waals surface area contributed by atoms with Crippen molar-refractivity contribution < 1.29 is 14.6 Å². The lowest BCUT2D eigenvalue weighted by Gasteiger charge is -2.20. The number of carbonyl (C=O) groups excluding carboxylic acids is 1. The van der Waals surface area contributed by atoms with Crippen LogP contribution in [0, 0.1) is 0 Å². The molecule has 8 heteroatoms. The molecule has 24 heavy (non-hydrogen) atoms. The number of nitrogens with zero attached hydrogens (tertiary/aromatic N) is 2. The molecule has 1 saturated heterocycles. The first kappa shape index (κ1) is 17.2. The number of amides is 1. The van der Waals surface area contributed by atoms with Crippen LogP contribution in [0.5, 0.6) is 0 Å². The average Bonchev–Trinajstić information content (AvgIpc) is 3.03. The van der Waals surface area contributed by atoms with Gasteiger partial charge in [-0.1, -0.05) is 35.5 Å². The lowest BCUT2D eigenvalue weighted by molar-refractivity contribution is 0.0264. The number of halogens is 1. The molecule has 0 bridgehead atoms. The molecule has 2 N–H and O–H groups in total. The molecule has 0 saturated carbocycles. The first-order valence-electron chi connectivity index (χ1n) is 7.40. The first-order chi connectivity index (χ1) is 11.6. The Morgan fingerprint density at radius 2 is 2.17 bits per heavy atom. The topological polar surface area (TPSA) is 84.3 Å². The summed E-state index contributed by atoms with van der Waals surface area (Å²) in [7, 11) is 0. The van der Waals surface area contributed by atoms with Gasteiger partial charge < -0.3 is 15.2 Å². The van der Waals surface area contributed by atoms with E-state index < -0.39 is 5.60 Å². The second kappa shape index (κ2) is 7.48. The van der Waals surface area contributed by atoms with Crippen LogP contribution >= 0.6 is 23.4 Å². The second-order valence-electron chi connectivity index (χ2n) is 5.50. The van der Waals surface area contributed by atoms with Crippen molar-refractivity contribution in [1.29, 1.82) is 0 Å². The lowest BCUT2D eigenvalue weighted by Crippen LogP contribution is -2.43. The Morgan fingerprint density at radius 1 is 1.33 bits per heavy atom. The highest BCUT2D eigenvalue weighted by atomic mass is 35.5. The maximum atomic E-state index is 12.1. The van der Waals surface area contributed by atoms with Gasteiger partial charge in [-0.2, -0.15) is 0 Å². The van der Waals surface area contributed by atoms with E-state index in [0.29, 0.717) is 23.1 Å². The quantitative estimate of drug-likeness (QED) is 0.844. The van der Waals surface area contributed by atoms with Crippen LogP contribution in [-0.4, -0.2) is 46.6 Å². The van der Waals surface area contributed by atoms with Crippen LogP contribution in [0.2, 0.25) is 5.02 Å². The van der Waals surface area contributed by atoms with E-state index in [-0.39, 0.29) is 24.8 Å². The largest absolute Gasteiger partial charge is 0.386 e. The molecule has 1 aromatic heterocycles. The Labute approximate surface area is 148 Å². The lowest BCUT2D eigenvalue weighted by atomic mass is 10.0. The van der Waals surface area contributed by atoms with E-state index >= 15 is 0 Å². The van der Waals surface area contributed by atoms with Crippen molar-refractivity contribution in [2.24, 2.45) is 0 Å². The number of rotatable bonds is 5. The van der Waals surface area contributed by atoms with Gasteiger partial charge in [-0.3, -0.25) is 4.79 Å². The van der Waals surface area contributed by atoms with E-state index in [9.17, 15) is 9.90 Å². The molecule has 1 fully saturated rings. The Balaban J connectivity index is 1.59. The Hall–Kier alpha value is -1.67. The summed E-state index contributed by atoms with van der Waals surface area (Å²) < 4.78 is 5.14. The number of benzene rings is 1. The fraction of sp³-hybridized carbons (Fsp3) is 0.312. The summed E-state index contributed by atoms with van der Waals surface area (Å²) in [6.07, 6.45) is 0.506. The minimum atomic E-state index is -0.997. The zero-order chi connectivity index (χ0) is 17.0. The highest BCUT2D eigenvalue weighted by Crippen LogP contribution is 2.31. The van der Waals surface area contributed by atoms with Crippen molar-refractivity contribution in [3.05, 3.63) is 47.1 Å². The van der Waals surface area contributed by atoms with E-state index in [2.05, 4.69) is 15.5 Å². The van der Waals surface area contributed by atoms with Gasteiger partial charge in [-0.15, -0.1) is 10.2 Å². The van der Waals surface area contributed by atoms with Gasteiger partial charge in [0.25, 0.3) is 5.91 Å². The smallest absolute Gasteiger partial charge is 0.271 e. The van der Waals surface area contributed by atoms with E-state index in [1.807, 2.05) is 18.2 Å². The number of ether oxygens (including phenoxy) is 1. The molecular formula is C16H16ClN3O3S. The van der Waals surface area contributed by atoms with Crippen molar-refractivity contribution in [2.45, 2.75) is 21.9 Å². The summed E-state index contributed by atoms with van der Waals surface area (Å²) in [4.78, 5) is 12.9. The fourth-order valence-corrected chi connectivity index (χ4v) is 3.21. The van der Waals surface area contributed by atoms with Crippen molar-refractivity contribution in [1.82, 2.24) is 15.5 Å². The molecule has 1 amide bonds. The van der Waals surface area contributed by atoms with Crippen molar-refractivity contribution in [3.8, 4) is 0 Å². The molecule has 1 aromatic carbocycles. The Bertz CT molecular complexity index is 721. The van der Waals surface area contributed by atoms with Crippen LogP contribution in [0.3, 0.4) is 0 Å². The number of aliphatic hydroxyl groups is 1. The van der Waals surface area contributed by atoms with E-state index in [4.69, 9.17) is 16.3 Å². The Morgan fingerprint density at radius 3 is 2.83 bits per heavy atom. The molecule has 2 aromatic rings. The van der Waals surface area contributed by atoms with E-state index in [1.54, 1.807) is 18.2 Å². The van der Waals surface area contributed by atoms with Gasteiger partial charge in [-0.25, -0.2) is 0 Å². The van der Waals surface area contributed by atoms with Crippen molar-refractivity contribution in [2.75, 3.05) is 19.8 Å². The van der Waals surface area contributed by atoms with Crippen molar-refractivity contribution in [3.63, 3.8) is 0 Å². The molecule has 126 valence electrons. The summed E-state index contributed by atoms with van der Waals surface area (Å²) in [5.74, 6) is -0.378. The van der Waals surface area contributed by atoms with Gasteiger partial charge in [0.1, 0.15) is 10.6 Å². The van der Waals surface area contributed by atoms with Gasteiger partial charge in [0, 0.05) is 24.5 Å². The van der Waals surface area contributed by atoms with Gasteiger partial charge >= 0.3 is 0 Å². The monoisotopic (exact) mass is 365 g/mol. The summed E-state index contributed by atoms with van der Waals surface area (Å²) in [5.41, 5.74) is -0.802. The number of hydrogen-bond acceptors (Lipinski definition) is 6. The van der Waals surface area contributed by atoms with Crippen molar-refractivity contribution >= 4 is 29.3 Å². The van der Waals surface area contributed by atoms with Crippen LogP contribution in [-0.2, 0) is 4.74 Å². The minimum absolute atomic E-state index is 0.129. The third-order valence-electron chi connectivity index (χ3n) is 3.58. The minimum Gasteiger partial charge on any atom is -0.386 e. The molecule has 0 spiro atoms. The number of hydrogen-bond donors (Lipinski definition) is 2. The van der Waals surface area contributed by atoms with Gasteiger partial charge in [-0.05, 0) is 24.3 Å². The normalized spacial score (nSPS) is 20.1. The number of nitrogens with one attached hydrogen (secondary N) is 1. The molecule has 2 heterocycles. The standard InChI is InChI=1S/C16H16ClN3O3S/c17-11-3-1-2-4-13(11)24-14-6-5-12(19-20-14)15(21)18-9-16(22)7-8-23-10-16/h1-6,22H,7-10H2,(H,18,21)/t16-/m0/s1. The number of aromatic nitrogens is 2. The van der Waals surface area contributed by atoms with Gasteiger partial charge in [0.15, 0.2) is 5.69 Å². The maximum absolute atomic E-state index is 12.1. The van der Waals surface area contributed by atoms with Crippen LogP contribution < -0.4 is 5.32 Å². The number of carbonyl (C=O) groups is 1. The fourth-order valence-electron chi connectivity index (χ4n) is 2.21. The summed E-state index contributed by atoms with van der Waals surface area (Å²) in [6.45, 7) is 0.857. The summed E-state index contributed by atoms with van der Waals surface area (Å²) >= 11 is 7.48. The van der Waals surface area contributed by atoms with Crippen LogP contribution in [0.4, 0.5) is 0 Å². The molecule has 6 nitrogen and oxygen atoms in total. The molecule has 0 unspecified atom stereocenters. The Kier molecular flexibility index (Phi) is 5.35. The van der Waals surface area contributed by atoms with Gasteiger partial charge in [0.2, 0.25) is 0 Å². The molecule has 1 aliphatic heterocycles. The molecule has 1 atom stereocenters. The van der Waals surface area contributed by atoms with Gasteiger partial charge in [0.05, 0.1) is 11.6 Å². The molecular weight excluding hydrogens is 350 g/mol. The van der Waals surface area contributed by atoms with E-state index in [1.165, 1.54) is 11.8 Å². The highest BCUT2D eigenvalue weighted by Gasteiger charge is 2.32. The SMILES string of the molecule is O=C(NC[C@@]1(O)CCOC1)c1ccc(Sc2ccccc2Cl)nn1. The zero-order valence-corrected chi connectivity index (χ0v) is 14.3. The first-order valence-corrected chi connectivity index (χ1v) is 8.60. The molecule has 3 rings (SSSR count). The maximum Gasteiger partial charge on any atom is 0.271 e. The second-order valence-corrected chi connectivity index (χ2v) is 6.97. The summed E-state index contributed by atoms with van der Waals surface area (Å²) in [6, 6.07) is 10.7. The van der Waals surface area contributed by atoms with E-state index in [0.717, 1.165) is 4.90 Å². The summed E-state index contributed by atoms with van der Waals surface area (Å²) in [5, 5.41) is 22.0.